The number of Topliss-reactive ketones (excluding diaryl/α,β-unsaturated/α-hetero) is 1. The lowest BCUT2D eigenvalue weighted by Gasteiger charge is -2.37. The van der Waals surface area contributed by atoms with Crippen LogP contribution in [0.1, 0.15) is 63.0 Å². The molecule has 3 atom stereocenters. The van der Waals surface area contributed by atoms with Crippen molar-refractivity contribution in [2.45, 2.75) is 58.0 Å². The Morgan fingerprint density at radius 2 is 1.85 bits per heavy atom. The van der Waals surface area contributed by atoms with Gasteiger partial charge in [-0.25, -0.2) is 4.79 Å². The first-order chi connectivity index (χ1) is 16.3. The minimum atomic E-state index is -0.553. The lowest BCUT2D eigenvalue weighted by molar-refractivity contribution is -0.144. The molecule has 0 saturated heterocycles. The molecule has 178 valence electrons. The van der Waals surface area contributed by atoms with Gasteiger partial charge in [0.05, 0.1) is 24.7 Å². The molecular weight excluding hydrogens is 450 g/mol. The van der Waals surface area contributed by atoms with Crippen LogP contribution >= 0.6 is 11.6 Å². The zero-order chi connectivity index (χ0) is 24.4. The molecule has 0 fully saturated rings. The minimum Gasteiger partial charge on any atom is -0.496 e. The molecule has 34 heavy (non-hydrogen) atoms. The van der Waals surface area contributed by atoms with Gasteiger partial charge in [-0.05, 0) is 56.4 Å². The topological polar surface area (TPSA) is 64.6 Å². The van der Waals surface area contributed by atoms with E-state index in [4.69, 9.17) is 21.1 Å². The second kappa shape index (κ2) is 10.1. The lowest BCUT2D eigenvalue weighted by atomic mass is 9.71. The molecule has 1 aliphatic carbocycles. The normalized spacial score (nSPS) is 21.0. The number of allylic oxidation sites excluding steroid dienone is 3. The van der Waals surface area contributed by atoms with Crippen molar-refractivity contribution in [1.29, 1.82) is 0 Å². The molecule has 6 heteroatoms. The van der Waals surface area contributed by atoms with Crippen LogP contribution in [-0.2, 0) is 14.3 Å². The number of esters is 1. The molecule has 0 unspecified atom stereocenters. The SMILES string of the molecule is CC[C@@H](C)OC(=O)C1=C(C)NC2=C(C(=O)C[C@H](c3ccc(Cl)cc3)C2)[C@H]1c1ccccc1OC. The number of dihydropyridines is 1. The predicted molar refractivity (Wildman–Crippen MR) is 133 cm³/mol. The van der Waals surface area contributed by atoms with Gasteiger partial charge in [0.25, 0.3) is 0 Å². The number of para-hydroxylation sites is 1. The Morgan fingerprint density at radius 3 is 2.53 bits per heavy atom. The van der Waals surface area contributed by atoms with Gasteiger partial charge in [-0.2, -0.15) is 0 Å². The Bertz CT molecular complexity index is 1170. The maximum Gasteiger partial charge on any atom is 0.337 e. The van der Waals surface area contributed by atoms with Crippen molar-refractivity contribution in [3.63, 3.8) is 0 Å². The Kier molecular flexibility index (Phi) is 7.13. The van der Waals surface area contributed by atoms with Crippen LogP contribution in [0.15, 0.2) is 71.1 Å². The van der Waals surface area contributed by atoms with Gasteiger partial charge in [0.2, 0.25) is 0 Å². The molecule has 1 N–H and O–H groups in total. The van der Waals surface area contributed by atoms with E-state index in [2.05, 4.69) is 5.32 Å². The highest BCUT2D eigenvalue weighted by atomic mass is 35.5. The number of hydrogen-bond donors (Lipinski definition) is 1. The molecule has 0 saturated carbocycles. The van der Waals surface area contributed by atoms with Crippen LogP contribution < -0.4 is 10.1 Å². The number of methoxy groups -OCH3 is 1. The van der Waals surface area contributed by atoms with Crippen molar-refractivity contribution >= 4 is 23.4 Å². The van der Waals surface area contributed by atoms with Gasteiger partial charge in [-0.15, -0.1) is 0 Å². The van der Waals surface area contributed by atoms with Crippen LogP contribution in [0, 0.1) is 0 Å². The molecule has 0 amide bonds. The molecule has 2 aromatic rings. The van der Waals surface area contributed by atoms with Gasteiger partial charge in [-0.3, -0.25) is 4.79 Å². The van der Waals surface area contributed by atoms with Gasteiger partial charge in [0, 0.05) is 34.0 Å². The van der Waals surface area contributed by atoms with E-state index in [1.165, 1.54) is 0 Å². The largest absolute Gasteiger partial charge is 0.496 e. The van der Waals surface area contributed by atoms with Gasteiger partial charge >= 0.3 is 5.97 Å². The first-order valence-corrected chi connectivity index (χ1v) is 12.0. The first kappa shape index (κ1) is 24.1. The number of ether oxygens (including phenoxy) is 2. The second-order valence-electron chi connectivity index (χ2n) is 8.93. The van der Waals surface area contributed by atoms with Crippen LogP contribution in [0.2, 0.25) is 5.02 Å². The summed E-state index contributed by atoms with van der Waals surface area (Å²) in [6.45, 7) is 5.71. The molecule has 0 bridgehead atoms. The summed E-state index contributed by atoms with van der Waals surface area (Å²) in [6, 6.07) is 15.2. The van der Waals surface area contributed by atoms with Crippen LogP contribution in [0.25, 0.3) is 0 Å². The number of carbonyl (C=O) groups excluding carboxylic acids is 2. The predicted octanol–water partition coefficient (Wildman–Crippen LogP) is 6.05. The number of nitrogens with one attached hydrogen (secondary N) is 1. The number of ketones is 1. The van der Waals surface area contributed by atoms with E-state index >= 15 is 0 Å². The Hall–Kier alpha value is -3.05. The highest BCUT2D eigenvalue weighted by Crippen LogP contribution is 2.47. The molecule has 2 aliphatic rings. The van der Waals surface area contributed by atoms with E-state index in [1.807, 2.05) is 69.3 Å². The monoisotopic (exact) mass is 479 g/mol. The van der Waals surface area contributed by atoms with E-state index in [0.717, 1.165) is 16.8 Å². The van der Waals surface area contributed by atoms with Crippen molar-refractivity contribution in [2.75, 3.05) is 7.11 Å². The zero-order valence-corrected chi connectivity index (χ0v) is 20.7. The van der Waals surface area contributed by atoms with Crippen LogP contribution in [0.3, 0.4) is 0 Å². The fourth-order valence-electron chi connectivity index (χ4n) is 4.83. The van der Waals surface area contributed by atoms with Gasteiger partial charge in [0.15, 0.2) is 5.78 Å². The van der Waals surface area contributed by atoms with Crippen molar-refractivity contribution < 1.29 is 19.1 Å². The average molecular weight is 480 g/mol. The van der Waals surface area contributed by atoms with Crippen LogP contribution in [0.5, 0.6) is 5.75 Å². The van der Waals surface area contributed by atoms with Crippen molar-refractivity contribution in [3.8, 4) is 5.75 Å². The summed E-state index contributed by atoms with van der Waals surface area (Å²) in [5, 5.41) is 4.06. The minimum absolute atomic E-state index is 0.0194. The fraction of sp³-hybridized carbons (Fsp3) is 0.357. The highest BCUT2D eigenvalue weighted by Gasteiger charge is 2.42. The van der Waals surface area contributed by atoms with Crippen molar-refractivity contribution in [2.24, 2.45) is 0 Å². The van der Waals surface area contributed by atoms with Gasteiger partial charge in [0.1, 0.15) is 5.75 Å². The summed E-state index contributed by atoms with van der Waals surface area (Å²) in [4.78, 5) is 27.0. The molecule has 0 radical (unpaired) electrons. The van der Waals surface area contributed by atoms with Crippen molar-refractivity contribution in [3.05, 3.63) is 87.2 Å². The second-order valence-corrected chi connectivity index (χ2v) is 9.37. The summed E-state index contributed by atoms with van der Waals surface area (Å²) >= 11 is 6.07. The molecule has 1 aliphatic heterocycles. The highest BCUT2D eigenvalue weighted by molar-refractivity contribution is 6.30. The summed E-state index contributed by atoms with van der Waals surface area (Å²) < 4.78 is 11.4. The third-order valence-corrected chi connectivity index (χ3v) is 6.97. The molecule has 1 heterocycles. The van der Waals surface area contributed by atoms with Crippen molar-refractivity contribution in [1.82, 2.24) is 5.32 Å². The van der Waals surface area contributed by atoms with E-state index in [-0.39, 0.29) is 17.8 Å². The molecule has 4 rings (SSSR count). The number of carbonyl (C=O) groups is 2. The third kappa shape index (κ3) is 4.62. The standard InChI is InChI=1S/C28H30ClNO4/c1-5-16(2)34-28(32)25-17(3)30-22-14-19(18-10-12-20(29)13-11-18)15-23(31)27(22)26(25)21-8-6-7-9-24(21)33-4/h6-13,16,19,26,30H,5,14-15H2,1-4H3/t16-,19-,26+/m1/s1. The summed E-state index contributed by atoms with van der Waals surface area (Å²) in [5.41, 5.74) is 4.49. The quantitative estimate of drug-likeness (QED) is 0.511. The number of hydrogen-bond acceptors (Lipinski definition) is 5. The van der Waals surface area contributed by atoms with Gasteiger partial charge in [-0.1, -0.05) is 48.9 Å². The van der Waals surface area contributed by atoms with E-state index in [9.17, 15) is 9.59 Å². The molecule has 5 nitrogen and oxygen atoms in total. The Morgan fingerprint density at radius 1 is 1.15 bits per heavy atom. The summed E-state index contributed by atoms with van der Waals surface area (Å²) in [6.07, 6.45) is 1.51. The molecular formula is C28H30ClNO4. The van der Waals surface area contributed by atoms with E-state index in [0.29, 0.717) is 46.9 Å². The number of halogens is 1. The van der Waals surface area contributed by atoms with Gasteiger partial charge < -0.3 is 14.8 Å². The fourth-order valence-corrected chi connectivity index (χ4v) is 4.95. The molecule has 0 aromatic heterocycles. The summed E-state index contributed by atoms with van der Waals surface area (Å²) in [7, 11) is 1.60. The zero-order valence-electron chi connectivity index (χ0n) is 20.0. The molecule has 0 spiro atoms. The maximum atomic E-state index is 13.7. The number of benzene rings is 2. The Balaban J connectivity index is 1.81. The average Bonchev–Trinajstić information content (AvgIpc) is 2.83. The third-order valence-electron chi connectivity index (χ3n) is 6.72. The number of rotatable bonds is 6. The summed E-state index contributed by atoms with van der Waals surface area (Å²) in [5.74, 6) is -0.269. The van der Waals surface area contributed by atoms with Crippen LogP contribution in [0.4, 0.5) is 0 Å². The van der Waals surface area contributed by atoms with Crippen LogP contribution in [-0.4, -0.2) is 25.0 Å². The lowest BCUT2D eigenvalue weighted by Crippen LogP contribution is -2.36. The Labute approximate surface area is 205 Å². The van der Waals surface area contributed by atoms with E-state index < -0.39 is 11.9 Å². The smallest absolute Gasteiger partial charge is 0.337 e. The molecule has 2 aromatic carbocycles. The van der Waals surface area contributed by atoms with E-state index in [1.54, 1.807) is 7.11 Å². The maximum absolute atomic E-state index is 13.7. The first-order valence-electron chi connectivity index (χ1n) is 11.7.